The molecule has 0 unspecified atom stereocenters. The Bertz CT molecular complexity index is 822. The zero-order chi connectivity index (χ0) is 20.2. The van der Waals surface area contributed by atoms with E-state index in [1.165, 1.54) is 6.21 Å². The van der Waals surface area contributed by atoms with Gasteiger partial charge in [-0.15, -0.1) is 0 Å². The van der Waals surface area contributed by atoms with Gasteiger partial charge in [-0.1, -0.05) is 18.2 Å². The molecule has 0 fully saturated rings. The number of hydrogen-bond acceptors (Lipinski definition) is 7. The second-order valence-corrected chi connectivity index (χ2v) is 5.81. The minimum atomic E-state index is -0.567. The van der Waals surface area contributed by atoms with Crippen molar-refractivity contribution in [2.24, 2.45) is 10.9 Å². The van der Waals surface area contributed by atoms with Gasteiger partial charge in [-0.05, 0) is 35.7 Å². The molecule has 9 heteroatoms. The van der Waals surface area contributed by atoms with Crippen molar-refractivity contribution in [2.45, 2.75) is 25.7 Å². The van der Waals surface area contributed by atoms with E-state index in [0.717, 1.165) is 11.1 Å². The number of carbonyl (C=O) groups is 3. The number of hydrazone groups is 1. The van der Waals surface area contributed by atoms with Crippen LogP contribution in [-0.2, 0) is 25.6 Å². The smallest absolute Gasteiger partial charge is 0.332 e. The molecule has 0 atom stereocenters. The van der Waals surface area contributed by atoms with Crippen molar-refractivity contribution in [1.82, 2.24) is 10.5 Å². The first kappa shape index (κ1) is 20.6. The predicted octanol–water partition coefficient (Wildman–Crippen LogP) is 1.30. The van der Waals surface area contributed by atoms with Crippen LogP contribution in [0.25, 0.3) is 0 Å². The lowest BCUT2D eigenvalue weighted by Crippen LogP contribution is -2.28. The first-order valence-electron chi connectivity index (χ1n) is 8.57. The quantitative estimate of drug-likeness (QED) is 0.357. The van der Waals surface area contributed by atoms with Crippen molar-refractivity contribution >= 4 is 29.7 Å². The third-order valence-corrected chi connectivity index (χ3v) is 3.62. The Balaban J connectivity index is 1.63. The van der Waals surface area contributed by atoms with Crippen LogP contribution in [0.4, 0.5) is 5.69 Å². The molecule has 0 aliphatic carbocycles. The van der Waals surface area contributed by atoms with E-state index in [1.54, 1.807) is 42.7 Å². The number of anilines is 1. The number of pyridine rings is 1. The number of nitrogens with zero attached hydrogens (tertiary/aromatic N) is 2. The molecule has 1 aromatic carbocycles. The molecule has 2 aromatic rings. The van der Waals surface area contributed by atoms with Crippen LogP contribution in [0.1, 0.15) is 30.4 Å². The summed E-state index contributed by atoms with van der Waals surface area (Å²) in [7, 11) is 0. The number of benzene rings is 1. The maximum atomic E-state index is 11.9. The second-order valence-electron chi connectivity index (χ2n) is 5.81. The third-order valence-electron chi connectivity index (χ3n) is 3.62. The first-order chi connectivity index (χ1) is 13.6. The molecule has 2 rings (SSSR count). The molecule has 0 radical (unpaired) electrons. The van der Waals surface area contributed by atoms with Crippen molar-refractivity contribution < 1.29 is 19.2 Å². The Morgan fingerprint density at radius 2 is 1.82 bits per heavy atom. The molecule has 0 saturated heterocycles. The van der Waals surface area contributed by atoms with Crippen LogP contribution in [0.5, 0.6) is 0 Å². The molecule has 0 spiro atoms. The Hall–Kier alpha value is -3.75. The van der Waals surface area contributed by atoms with Gasteiger partial charge in [0.05, 0.1) is 12.6 Å². The predicted molar refractivity (Wildman–Crippen MR) is 103 cm³/mol. The Morgan fingerprint density at radius 3 is 2.50 bits per heavy atom. The van der Waals surface area contributed by atoms with Crippen LogP contribution in [0.2, 0.25) is 0 Å². The van der Waals surface area contributed by atoms with Gasteiger partial charge in [0.15, 0.2) is 0 Å². The van der Waals surface area contributed by atoms with Gasteiger partial charge in [0.25, 0.3) is 5.91 Å². The van der Waals surface area contributed by atoms with Crippen LogP contribution in [0.15, 0.2) is 53.9 Å². The number of aromatic nitrogens is 1. The van der Waals surface area contributed by atoms with E-state index >= 15 is 0 Å². The summed E-state index contributed by atoms with van der Waals surface area (Å²) < 4.78 is 0. The molecule has 146 valence electrons. The number of nitrogens with one attached hydrogen (secondary N) is 2. The Morgan fingerprint density at radius 1 is 1.07 bits per heavy atom. The van der Waals surface area contributed by atoms with Crippen molar-refractivity contribution in [3.05, 3.63) is 59.9 Å². The van der Waals surface area contributed by atoms with Crippen LogP contribution in [-0.4, -0.2) is 29.0 Å². The van der Waals surface area contributed by atoms with E-state index < -0.39 is 11.9 Å². The molecule has 0 aliphatic rings. The summed E-state index contributed by atoms with van der Waals surface area (Å²) in [5.41, 5.74) is 4.32. The fourth-order valence-corrected chi connectivity index (χ4v) is 2.20. The average Bonchev–Trinajstić information content (AvgIpc) is 2.71. The van der Waals surface area contributed by atoms with Gasteiger partial charge in [0.2, 0.25) is 5.91 Å². The van der Waals surface area contributed by atoms with Gasteiger partial charge in [0.1, 0.15) is 0 Å². The topological polar surface area (TPSA) is 136 Å². The Kier molecular flexibility index (Phi) is 8.13. The monoisotopic (exact) mass is 383 g/mol. The minimum absolute atomic E-state index is 0.0505. The molecule has 0 bridgehead atoms. The van der Waals surface area contributed by atoms with Gasteiger partial charge in [-0.2, -0.15) is 10.6 Å². The highest BCUT2D eigenvalue weighted by Gasteiger charge is 2.10. The molecule has 0 saturated carbocycles. The Labute approximate surface area is 161 Å². The largest absolute Gasteiger partial charge is 0.341 e. The zero-order valence-corrected chi connectivity index (χ0v) is 15.1. The molecule has 28 heavy (non-hydrogen) atoms. The molecule has 1 heterocycles. The standard InChI is InChI=1S/C19H21N5O4/c20-22-13-15-3-6-16(7-4-15)23-17(25)8-9-18(26)24-28-19(27)10-5-14-2-1-11-21-12-14/h1-4,6-7,11-13H,5,8-10,20H2,(H,23,25)(H,24,26). The highest BCUT2D eigenvalue weighted by molar-refractivity contribution is 5.93. The summed E-state index contributed by atoms with van der Waals surface area (Å²) in [6.07, 6.45) is 5.19. The lowest BCUT2D eigenvalue weighted by atomic mass is 10.2. The van der Waals surface area contributed by atoms with Crippen LogP contribution in [0, 0.1) is 0 Å². The minimum Gasteiger partial charge on any atom is -0.341 e. The molecule has 2 amide bonds. The van der Waals surface area contributed by atoms with Gasteiger partial charge < -0.3 is 16.0 Å². The van der Waals surface area contributed by atoms with Gasteiger partial charge in [0, 0.05) is 30.9 Å². The molecular formula is C19H21N5O4. The molecule has 4 N–H and O–H groups in total. The van der Waals surface area contributed by atoms with E-state index in [1.807, 2.05) is 11.5 Å². The lowest BCUT2D eigenvalue weighted by molar-refractivity contribution is -0.158. The molecule has 9 nitrogen and oxygen atoms in total. The number of nitrogens with two attached hydrogens (primary N) is 1. The fourth-order valence-electron chi connectivity index (χ4n) is 2.20. The summed E-state index contributed by atoms with van der Waals surface area (Å²) >= 11 is 0. The number of amides is 2. The van der Waals surface area contributed by atoms with Gasteiger partial charge >= 0.3 is 5.97 Å². The average molecular weight is 383 g/mol. The highest BCUT2D eigenvalue weighted by Crippen LogP contribution is 2.09. The van der Waals surface area contributed by atoms with Crippen LogP contribution in [0.3, 0.4) is 0 Å². The summed E-state index contributed by atoms with van der Waals surface area (Å²) in [4.78, 5) is 43.8. The van der Waals surface area contributed by atoms with Crippen molar-refractivity contribution in [1.29, 1.82) is 0 Å². The molecule has 0 aliphatic heterocycles. The normalized spacial score (nSPS) is 10.4. The number of carbonyl (C=O) groups excluding carboxylic acids is 3. The number of rotatable bonds is 8. The third kappa shape index (κ3) is 7.65. The van der Waals surface area contributed by atoms with Crippen molar-refractivity contribution in [3.63, 3.8) is 0 Å². The van der Waals surface area contributed by atoms with E-state index in [9.17, 15) is 14.4 Å². The number of hydrogen-bond donors (Lipinski definition) is 3. The second kappa shape index (κ2) is 11.1. The van der Waals surface area contributed by atoms with Crippen molar-refractivity contribution in [2.75, 3.05) is 5.32 Å². The highest BCUT2D eigenvalue weighted by atomic mass is 16.7. The first-order valence-corrected chi connectivity index (χ1v) is 8.57. The van der Waals surface area contributed by atoms with E-state index in [0.29, 0.717) is 12.1 Å². The van der Waals surface area contributed by atoms with E-state index in [-0.39, 0.29) is 25.2 Å². The fraction of sp³-hybridized carbons (Fsp3) is 0.211. The summed E-state index contributed by atoms with van der Waals surface area (Å²) in [5, 5.41) is 6.07. The number of hydroxylamine groups is 1. The molecule has 1 aromatic heterocycles. The van der Waals surface area contributed by atoms with Gasteiger partial charge in [-0.3, -0.25) is 14.6 Å². The van der Waals surface area contributed by atoms with E-state index in [4.69, 9.17) is 10.7 Å². The maximum Gasteiger partial charge on any atom is 0.332 e. The summed E-state index contributed by atoms with van der Waals surface area (Å²) in [6, 6.07) is 10.5. The lowest BCUT2D eigenvalue weighted by Gasteiger charge is -2.07. The van der Waals surface area contributed by atoms with Crippen LogP contribution >= 0.6 is 0 Å². The van der Waals surface area contributed by atoms with Crippen LogP contribution < -0.4 is 16.6 Å². The van der Waals surface area contributed by atoms with Gasteiger partial charge in [-0.25, -0.2) is 4.79 Å². The number of aryl methyl sites for hydroxylation is 1. The molecular weight excluding hydrogens is 362 g/mol. The maximum absolute atomic E-state index is 11.9. The zero-order valence-electron chi connectivity index (χ0n) is 15.1. The van der Waals surface area contributed by atoms with Crippen molar-refractivity contribution in [3.8, 4) is 0 Å². The van der Waals surface area contributed by atoms with E-state index in [2.05, 4.69) is 15.4 Å². The summed E-state index contributed by atoms with van der Waals surface area (Å²) in [5.74, 6) is 3.60. The SMILES string of the molecule is NN=Cc1ccc(NC(=O)CCC(=O)NOC(=O)CCc2cccnc2)cc1. The summed E-state index contributed by atoms with van der Waals surface area (Å²) in [6.45, 7) is 0.